The quantitative estimate of drug-likeness (QED) is 0.803. The van der Waals surface area contributed by atoms with Crippen LogP contribution in [0.1, 0.15) is 24.2 Å². The molecule has 8 nitrogen and oxygen atoms in total. The Kier molecular flexibility index (Phi) is 8.22. The van der Waals surface area contributed by atoms with E-state index in [1.165, 1.54) is 7.11 Å². The lowest BCUT2D eigenvalue weighted by Crippen LogP contribution is -2.44. The van der Waals surface area contributed by atoms with Gasteiger partial charge in [0.2, 0.25) is 5.91 Å². The van der Waals surface area contributed by atoms with E-state index < -0.39 is 0 Å². The Morgan fingerprint density at radius 1 is 1.36 bits per heavy atom. The van der Waals surface area contributed by atoms with E-state index in [1.54, 1.807) is 37.3 Å². The van der Waals surface area contributed by atoms with E-state index in [0.29, 0.717) is 30.2 Å². The molecule has 1 aliphatic rings. The first-order valence-electron chi connectivity index (χ1n) is 9.43. The van der Waals surface area contributed by atoms with Crippen molar-refractivity contribution in [2.24, 2.45) is 5.92 Å². The average molecular weight is 393 g/mol. The minimum absolute atomic E-state index is 0.0445. The Labute approximate surface area is 166 Å². The first-order valence-corrected chi connectivity index (χ1v) is 9.43. The lowest BCUT2D eigenvalue weighted by molar-refractivity contribution is -0.119. The minimum atomic E-state index is -0.272. The fraction of sp³-hybridized carbons (Fsp3) is 0.600. The van der Waals surface area contributed by atoms with Crippen LogP contribution in [-0.4, -0.2) is 76.4 Å². The van der Waals surface area contributed by atoms with Crippen LogP contribution in [0.4, 0.5) is 5.69 Å². The van der Waals surface area contributed by atoms with Crippen LogP contribution in [0.5, 0.6) is 5.75 Å². The van der Waals surface area contributed by atoms with Crippen molar-refractivity contribution in [2.45, 2.75) is 26.0 Å². The molecule has 0 radical (unpaired) electrons. The SMILES string of the molecule is COCC(=O)Nc1ccc2c(c1)OC[C@@H](C)NC[C@H](C)[C@@H](OC)CN(C)C2=O. The lowest BCUT2D eigenvalue weighted by atomic mass is 10.0. The first-order chi connectivity index (χ1) is 13.3. The van der Waals surface area contributed by atoms with E-state index in [9.17, 15) is 9.59 Å². The summed E-state index contributed by atoms with van der Waals surface area (Å²) >= 11 is 0. The number of benzene rings is 1. The number of hydrogen-bond donors (Lipinski definition) is 2. The molecule has 8 heteroatoms. The van der Waals surface area contributed by atoms with Crippen molar-refractivity contribution < 1.29 is 23.8 Å². The maximum atomic E-state index is 13.0. The lowest BCUT2D eigenvalue weighted by Gasteiger charge is -2.30. The van der Waals surface area contributed by atoms with Crippen LogP contribution in [0.2, 0.25) is 0 Å². The standard InChI is InChI=1S/C20H31N3O5/c1-13-9-21-14(2)11-28-17-8-15(22-19(24)12-26-4)6-7-16(17)20(25)23(3)10-18(13)27-5/h6-8,13-14,18,21H,9-12H2,1-5H3,(H,22,24)/t13-,14+,18-/m0/s1. The Bertz CT molecular complexity index is 682. The molecule has 1 aromatic rings. The van der Waals surface area contributed by atoms with Crippen molar-refractivity contribution >= 4 is 17.5 Å². The molecule has 0 saturated heterocycles. The number of carbonyl (C=O) groups excluding carboxylic acids is 2. The van der Waals surface area contributed by atoms with Gasteiger partial charge in [0.25, 0.3) is 5.91 Å². The molecule has 0 fully saturated rings. The van der Waals surface area contributed by atoms with Gasteiger partial charge in [0.05, 0.1) is 11.7 Å². The molecule has 2 rings (SSSR count). The van der Waals surface area contributed by atoms with Gasteiger partial charge in [0.15, 0.2) is 0 Å². The number of nitrogens with one attached hydrogen (secondary N) is 2. The summed E-state index contributed by atoms with van der Waals surface area (Å²) in [4.78, 5) is 26.4. The summed E-state index contributed by atoms with van der Waals surface area (Å²) in [6.07, 6.45) is -0.0787. The Hall–Kier alpha value is -2.16. The van der Waals surface area contributed by atoms with Gasteiger partial charge >= 0.3 is 0 Å². The van der Waals surface area contributed by atoms with E-state index in [-0.39, 0.29) is 36.5 Å². The number of anilines is 1. The smallest absolute Gasteiger partial charge is 0.257 e. The largest absolute Gasteiger partial charge is 0.491 e. The monoisotopic (exact) mass is 393 g/mol. The molecule has 2 amide bonds. The zero-order valence-corrected chi connectivity index (χ0v) is 17.3. The normalized spacial score (nSPS) is 23.8. The molecule has 0 aliphatic carbocycles. The van der Waals surface area contributed by atoms with E-state index in [4.69, 9.17) is 14.2 Å². The van der Waals surface area contributed by atoms with Crippen molar-refractivity contribution in [1.82, 2.24) is 10.2 Å². The van der Waals surface area contributed by atoms with Gasteiger partial charge in [0, 0.05) is 52.2 Å². The molecule has 0 spiro atoms. The van der Waals surface area contributed by atoms with Crippen LogP contribution in [0, 0.1) is 5.92 Å². The number of methoxy groups -OCH3 is 2. The van der Waals surface area contributed by atoms with Gasteiger partial charge in [-0.3, -0.25) is 9.59 Å². The maximum absolute atomic E-state index is 13.0. The van der Waals surface area contributed by atoms with Crippen molar-refractivity contribution in [2.75, 3.05) is 52.9 Å². The number of nitrogens with zero attached hydrogens (tertiary/aromatic N) is 1. The van der Waals surface area contributed by atoms with Crippen LogP contribution in [-0.2, 0) is 14.3 Å². The summed E-state index contributed by atoms with van der Waals surface area (Å²) in [5, 5.41) is 6.17. The number of carbonyl (C=O) groups is 2. The third kappa shape index (κ3) is 5.92. The summed E-state index contributed by atoms with van der Waals surface area (Å²) in [6.45, 7) is 5.70. The van der Waals surface area contributed by atoms with E-state index in [0.717, 1.165) is 6.54 Å². The fourth-order valence-corrected chi connectivity index (χ4v) is 3.06. The van der Waals surface area contributed by atoms with Gasteiger partial charge < -0.3 is 29.7 Å². The van der Waals surface area contributed by atoms with Crippen molar-refractivity contribution in [1.29, 1.82) is 0 Å². The molecular weight excluding hydrogens is 362 g/mol. The van der Waals surface area contributed by atoms with Gasteiger partial charge in [-0.15, -0.1) is 0 Å². The summed E-state index contributed by atoms with van der Waals surface area (Å²) in [5.41, 5.74) is 0.995. The Morgan fingerprint density at radius 3 is 2.79 bits per heavy atom. The molecule has 1 aromatic carbocycles. The van der Waals surface area contributed by atoms with Crippen LogP contribution in [0.25, 0.3) is 0 Å². The van der Waals surface area contributed by atoms with Crippen LogP contribution in [0.3, 0.4) is 0 Å². The van der Waals surface area contributed by atoms with Gasteiger partial charge in [0.1, 0.15) is 19.0 Å². The number of rotatable bonds is 4. The number of ether oxygens (including phenoxy) is 3. The van der Waals surface area contributed by atoms with Gasteiger partial charge in [-0.1, -0.05) is 6.92 Å². The molecule has 156 valence electrons. The highest BCUT2D eigenvalue weighted by Gasteiger charge is 2.25. The van der Waals surface area contributed by atoms with Crippen LogP contribution in [0.15, 0.2) is 18.2 Å². The summed E-state index contributed by atoms with van der Waals surface area (Å²) in [6, 6.07) is 5.12. The van der Waals surface area contributed by atoms with Crippen molar-refractivity contribution in [3.05, 3.63) is 23.8 Å². The Balaban J connectivity index is 2.31. The van der Waals surface area contributed by atoms with Gasteiger partial charge in [-0.2, -0.15) is 0 Å². The predicted molar refractivity (Wildman–Crippen MR) is 107 cm³/mol. The van der Waals surface area contributed by atoms with Gasteiger partial charge in [-0.05, 0) is 25.0 Å². The molecule has 2 N–H and O–H groups in total. The van der Waals surface area contributed by atoms with E-state index in [1.807, 2.05) is 6.92 Å². The average Bonchev–Trinajstić information content (AvgIpc) is 2.67. The van der Waals surface area contributed by atoms with Crippen LogP contribution >= 0.6 is 0 Å². The highest BCUT2D eigenvalue weighted by molar-refractivity contribution is 5.98. The second-order valence-corrected chi connectivity index (χ2v) is 7.25. The fourth-order valence-electron chi connectivity index (χ4n) is 3.06. The first kappa shape index (κ1) is 22.1. The summed E-state index contributed by atoms with van der Waals surface area (Å²) in [7, 11) is 4.88. The topological polar surface area (TPSA) is 89.1 Å². The number of hydrogen-bond acceptors (Lipinski definition) is 6. The molecule has 28 heavy (non-hydrogen) atoms. The Morgan fingerprint density at radius 2 is 2.11 bits per heavy atom. The number of fused-ring (bicyclic) bond motifs is 1. The molecule has 0 saturated carbocycles. The minimum Gasteiger partial charge on any atom is -0.491 e. The predicted octanol–water partition coefficient (Wildman–Crippen LogP) is 1.37. The zero-order valence-electron chi connectivity index (χ0n) is 17.3. The van der Waals surface area contributed by atoms with Crippen LogP contribution < -0.4 is 15.4 Å². The molecule has 1 aliphatic heterocycles. The molecule has 0 unspecified atom stereocenters. The molecule has 1 heterocycles. The third-order valence-electron chi connectivity index (χ3n) is 4.79. The van der Waals surface area contributed by atoms with Crippen molar-refractivity contribution in [3.63, 3.8) is 0 Å². The summed E-state index contributed by atoms with van der Waals surface area (Å²) in [5.74, 6) is 0.245. The maximum Gasteiger partial charge on any atom is 0.257 e. The van der Waals surface area contributed by atoms with Gasteiger partial charge in [-0.25, -0.2) is 0 Å². The molecule has 0 bridgehead atoms. The third-order valence-corrected chi connectivity index (χ3v) is 4.79. The number of amides is 2. The summed E-state index contributed by atoms with van der Waals surface area (Å²) < 4.78 is 16.4. The highest BCUT2D eigenvalue weighted by atomic mass is 16.5. The molecule has 3 atom stereocenters. The van der Waals surface area contributed by atoms with Crippen molar-refractivity contribution in [3.8, 4) is 5.75 Å². The molecule has 0 aromatic heterocycles. The zero-order chi connectivity index (χ0) is 20.7. The second-order valence-electron chi connectivity index (χ2n) is 7.25. The molecular formula is C20H31N3O5. The van der Waals surface area contributed by atoms with E-state index in [2.05, 4.69) is 17.6 Å². The second kappa shape index (κ2) is 10.4. The van der Waals surface area contributed by atoms with E-state index >= 15 is 0 Å². The highest BCUT2D eigenvalue weighted by Crippen LogP contribution is 2.26. The number of likely N-dealkylation sites (N-methyl/N-ethyl adjacent to an activating group) is 1.